The first-order valence-corrected chi connectivity index (χ1v) is 8.57. The zero-order chi connectivity index (χ0) is 17.4. The molecule has 0 atom stereocenters. The topological polar surface area (TPSA) is 79.5 Å². The number of aliphatic imine (C=N–C) groups is 1. The fourth-order valence-corrected chi connectivity index (χ4v) is 2.53. The van der Waals surface area contributed by atoms with E-state index in [1.165, 1.54) is 5.56 Å². The summed E-state index contributed by atoms with van der Waals surface area (Å²) in [6.07, 6.45) is 0.966. The first kappa shape index (κ1) is 21.4. The first-order valence-electron chi connectivity index (χ1n) is 7.78. The minimum atomic E-state index is -0.131. The van der Waals surface area contributed by atoms with Crippen molar-refractivity contribution in [1.29, 1.82) is 0 Å². The van der Waals surface area contributed by atoms with Gasteiger partial charge in [-0.05, 0) is 42.3 Å². The number of guanidine groups is 1. The third-order valence-corrected chi connectivity index (χ3v) is 3.87. The Kier molecular flexibility index (Phi) is 9.51. The third kappa shape index (κ3) is 7.43. The van der Waals surface area contributed by atoms with Crippen LogP contribution in [-0.4, -0.2) is 25.0 Å². The van der Waals surface area contributed by atoms with Crippen molar-refractivity contribution in [2.45, 2.75) is 13.3 Å². The Balaban J connectivity index is 0.00000312. The number of aryl methyl sites for hydroxylation is 1. The van der Waals surface area contributed by atoms with Gasteiger partial charge in [0.2, 0.25) is 0 Å². The van der Waals surface area contributed by atoms with E-state index in [9.17, 15) is 4.79 Å². The van der Waals surface area contributed by atoms with Crippen LogP contribution in [0.4, 0.5) is 5.69 Å². The van der Waals surface area contributed by atoms with Crippen LogP contribution in [0.15, 0.2) is 58.0 Å². The molecule has 0 radical (unpaired) electrons. The molecule has 1 amide bonds. The molecule has 4 N–H and O–H groups in total. The Labute approximate surface area is 173 Å². The number of nitrogens with two attached hydrogens (primary N) is 1. The second-order valence-corrected chi connectivity index (χ2v) is 6.13. The van der Waals surface area contributed by atoms with Gasteiger partial charge < -0.3 is 16.4 Å². The van der Waals surface area contributed by atoms with Crippen LogP contribution in [0.25, 0.3) is 0 Å². The summed E-state index contributed by atoms with van der Waals surface area (Å²) in [6, 6.07) is 15.3. The molecule has 0 unspecified atom stereocenters. The lowest BCUT2D eigenvalue weighted by Crippen LogP contribution is -2.28. The molecule has 0 saturated carbocycles. The lowest BCUT2D eigenvalue weighted by Gasteiger charge is -2.08. The van der Waals surface area contributed by atoms with Crippen molar-refractivity contribution in [2.24, 2.45) is 10.7 Å². The van der Waals surface area contributed by atoms with Gasteiger partial charge in [0.05, 0.1) is 6.54 Å². The average molecular weight is 517 g/mol. The molecule has 25 heavy (non-hydrogen) atoms. The highest BCUT2D eigenvalue weighted by Gasteiger charge is 2.04. The van der Waals surface area contributed by atoms with Crippen molar-refractivity contribution >= 4 is 57.5 Å². The molecular formula is C18H22BrIN4O. The maximum atomic E-state index is 12.0. The normalized spacial score (nSPS) is 10.7. The van der Waals surface area contributed by atoms with E-state index in [1.54, 1.807) is 12.1 Å². The van der Waals surface area contributed by atoms with Crippen molar-refractivity contribution in [3.05, 3.63) is 64.1 Å². The van der Waals surface area contributed by atoms with Crippen LogP contribution in [-0.2, 0) is 6.42 Å². The first-order chi connectivity index (χ1) is 11.6. The Morgan fingerprint density at radius 3 is 2.68 bits per heavy atom. The molecule has 0 aliphatic carbocycles. The van der Waals surface area contributed by atoms with Crippen molar-refractivity contribution in [2.75, 3.05) is 18.4 Å². The molecule has 2 aromatic rings. The second kappa shape index (κ2) is 11.1. The molecule has 0 aliphatic rings. The van der Waals surface area contributed by atoms with Gasteiger partial charge in [0.1, 0.15) is 0 Å². The number of nitrogens with one attached hydrogen (secondary N) is 2. The van der Waals surface area contributed by atoms with Crippen molar-refractivity contribution < 1.29 is 4.79 Å². The standard InChI is InChI=1S/C18H21BrN4O.HI/c1-2-13-5-3-8-16(11-13)23-18(20)22-10-9-21-17(24)14-6-4-7-15(19)12-14;/h3-8,11-12H,2,9-10H2,1H3,(H,21,24)(H3,20,22,23);1H. The van der Waals surface area contributed by atoms with E-state index in [1.807, 2.05) is 30.3 Å². The number of benzene rings is 2. The fraction of sp³-hybridized carbons (Fsp3) is 0.222. The number of anilines is 1. The lowest BCUT2D eigenvalue weighted by molar-refractivity contribution is 0.0954. The number of rotatable bonds is 6. The lowest BCUT2D eigenvalue weighted by atomic mass is 10.1. The number of amides is 1. The fourth-order valence-electron chi connectivity index (χ4n) is 2.13. The van der Waals surface area contributed by atoms with Gasteiger partial charge in [-0.25, -0.2) is 0 Å². The van der Waals surface area contributed by atoms with Crippen LogP contribution in [0.2, 0.25) is 0 Å². The Morgan fingerprint density at radius 2 is 1.96 bits per heavy atom. The number of carbonyl (C=O) groups excluding carboxylic acids is 1. The van der Waals surface area contributed by atoms with Crippen LogP contribution in [0, 0.1) is 0 Å². The summed E-state index contributed by atoms with van der Waals surface area (Å²) in [5.41, 5.74) is 8.61. The molecule has 7 heteroatoms. The highest BCUT2D eigenvalue weighted by atomic mass is 127. The van der Waals surface area contributed by atoms with E-state index in [0.29, 0.717) is 24.6 Å². The van der Waals surface area contributed by atoms with Crippen LogP contribution in [0.1, 0.15) is 22.8 Å². The summed E-state index contributed by atoms with van der Waals surface area (Å²) in [6.45, 7) is 2.93. The smallest absolute Gasteiger partial charge is 0.251 e. The monoisotopic (exact) mass is 516 g/mol. The quantitative estimate of drug-likeness (QED) is 0.236. The van der Waals surface area contributed by atoms with Crippen LogP contribution in [0.5, 0.6) is 0 Å². The average Bonchev–Trinajstić information content (AvgIpc) is 2.58. The van der Waals surface area contributed by atoms with E-state index in [0.717, 1.165) is 16.6 Å². The van der Waals surface area contributed by atoms with Crippen LogP contribution < -0.4 is 16.4 Å². The number of carbonyl (C=O) groups is 1. The molecule has 2 aromatic carbocycles. The molecule has 0 fully saturated rings. The van der Waals surface area contributed by atoms with E-state index < -0.39 is 0 Å². The summed E-state index contributed by atoms with van der Waals surface area (Å²) in [4.78, 5) is 16.2. The van der Waals surface area contributed by atoms with E-state index in [2.05, 4.69) is 44.5 Å². The summed E-state index contributed by atoms with van der Waals surface area (Å²) >= 11 is 3.35. The SMILES string of the molecule is CCc1cccc(NC(N)=NCCNC(=O)c2cccc(Br)c2)c1.I. The van der Waals surface area contributed by atoms with Crippen molar-refractivity contribution in [1.82, 2.24) is 5.32 Å². The molecule has 134 valence electrons. The van der Waals surface area contributed by atoms with E-state index in [4.69, 9.17) is 5.73 Å². The van der Waals surface area contributed by atoms with Gasteiger partial charge in [0, 0.05) is 22.3 Å². The maximum absolute atomic E-state index is 12.0. The molecule has 0 heterocycles. The largest absolute Gasteiger partial charge is 0.370 e. The minimum absolute atomic E-state index is 0. The molecule has 5 nitrogen and oxygen atoms in total. The molecule has 0 spiro atoms. The molecule has 0 bridgehead atoms. The van der Waals surface area contributed by atoms with Gasteiger partial charge in [-0.15, -0.1) is 24.0 Å². The summed E-state index contributed by atoms with van der Waals surface area (Å²) in [5.74, 6) is 0.202. The number of nitrogens with zero attached hydrogens (tertiary/aromatic N) is 1. The predicted molar refractivity (Wildman–Crippen MR) is 118 cm³/mol. The Morgan fingerprint density at radius 1 is 1.20 bits per heavy atom. The highest BCUT2D eigenvalue weighted by Crippen LogP contribution is 2.11. The van der Waals surface area contributed by atoms with Gasteiger partial charge in [-0.2, -0.15) is 0 Å². The summed E-state index contributed by atoms with van der Waals surface area (Å²) < 4.78 is 0.871. The molecule has 2 rings (SSSR count). The second-order valence-electron chi connectivity index (χ2n) is 5.21. The molecule has 0 aromatic heterocycles. The number of halogens is 2. The van der Waals surface area contributed by atoms with Gasteiger partial charge in [0.15, 0.2) is 5.96 Å². The van der Waals surface area contributed by atoms with Crippen LogP contribution >= 0.6 is 39.9 Å². The predicted octanol–water partition coefficient (Wildman–Crippen LogP) is 3.79. The molecular weight excluding hydrogens is 495 g/mol. The third-order valence-electron chi connectivity index (χ3n) is 3.37. The summed E-state index contributed by atoms with van der Waals surface area (Å²) in [7, 11) is 0. The minimum Gasteiger partial charge on any atom is -0.370 e. The van der Waals surface area contributed by atoms with Gasteiger partial charge in [0.25, 0.3) is 5.91 Å². The number of hydrogen-bond donors (Lipinski definition) is 3. The van der Waals surface area contributed by atoms with E-state index >= 15 is 0 Å². The van der Waals surface area contributed by atoms with E-state index in [-0.39, 0.29) is 29.9 Å². The Hall–Kier alpha value is -1.61. The van der Waals surface area contributed by atoms with Gasteiger partial charge in [-0.1, -0.05) is 41.1 Å². The Bertz CT molecular complexity index is 737. The van der Waals surface area contributed by atoms with Gasteiger partial charge >= 0.3 is 0 Å². The maximum Gasteiger partial charge on any atom is 0.251 e. The zero-order valence-corrected chi connectivity index (χ0v) is 17.9. The molecule has 0 aliphatic heterocycles. The summed E-state index contributed by atoms with van der Waals surface area (Å²) in [5, 5.41) is 5.87. The van der Waals surface area contributed by atoms with Crippen molar-refractivity contribution in [3.63, 3.8) is 0 Å². The highest BCUT2D eigenvalue weighted by molar-refractivity contribution is 14.0. The zero-order valence-electron chi connectivity index (χ0n) is 14.0. The van der Waals surface area contributed by atoms with Crippen molar-refractivity contribution in [3.8, 4) is 0 Å². The van der Waals surface area contributed by atoms with Crippen LogP contribution in [0.3, 0.4) is 0 Å². The molecule has 0 saturated heterocycles. The van der Waals surface area contributed by atoms with Gasteiger partial charge in [-0.3, -0.25) is 9.79 Å². The number of hydrogen-bond acceptors (Lipinski definition) is 2.